The van der Waals surface area contributed by atoms with E-state index < -0.39 is 6.61 Å². The lowest BCUT2D eigenvalue weighted by Crippen LogP contribution is -2.36. The summed E-state index contributed by atoms with van der Waals surface area (Å²) in [7, 11) is 0. The number of unbranched alkanes of at least 4 members (excludes halogenated alkanes) is 1. The molecule has 0 radical (unpaired) electrons. The first kappa shape index (κ1) is 15.2. The van der Waals surface area contributed by atoms with Crippen molar-refractivity contribution in [1.29, 1.82) is 0 Å². The number of hydrogen-bond acceptors (Lipinski definition) is 3. The zero-order chi connectivity index (χ0) is 14.1. The van der Waals surface area contributed by atoms with Crippen LogP contribution in [0.4, 0.5) is 14.5 Å². The van der Waals surface area contributed by atoms with Gasteiger partial charge in [-0.3, -0.25) is 10.4 Å². The summed E-state index contributed by atoms with van der Waals surface area (Å²) in [5, 5.41) is 2.82. The van der Waals surface area contributed by atoms with Crippen molar-refractivity contribution in [3.63, 3.8) is 0 Å². The molecule has 0 amide bonds. The lowest BCUT2D eigenvalue weighted by atomic mass is 10.3. The van der Waals surface area contributed by atoms with Gasteiger partial charge in [0.2, 0.25) is 5.96 Å². The summed E-state index contributed by atoms with van der Waals surface area (Å²) in [5.74, 6) is 5.66. The molecule has 7 heteroatoms. The van der Waals surface area contributed by atoms with E-state index in [1.165, 1.54) is 6.07 Å². The molecule has 0 aliphatic heterocycles. The minimum Gasteiger partial charge on any atom is -0.433 e. The molecular weight excluding hydrogens is 254 g/mol. The third-order valence-corrected chi connectivity index (χ3v) is 2.27. The maximum absolute atomic E-state index is 12.2. The normalized spacial score (nSPS) is 11.5. The van der Waals surface area contributed by atoms with Crippen LogP contribution < -0.4 is 21.3 Å². The highest BCUT2D eigenvalue weighted by molar-refractivity contribution is 5.94. The maximum Gasteiger partial charge on any atom is 0.387 e. The molecule has 0 spiro atoms. The minimum atomic E-state index is -2.88. The summed E-state index contributed by atoms with van der Waals surface area (Å²) in [4.78, 5) is 4.17. The monoisotopic (exact) mass is 272 g/mol. The number of hydrogen-bond donors (Lipinski definition) is 3. The highest BCUT2D eigenvalue weighted by Gasteiger charge is 2.09. The summed E-state index contributed by atoms with van der Waals surface area (Å²) in [6.07, 6.45) is 1.93. The van der Waals surface area contributed by atoms with Crippen LogP contribution in [0.2, 0.25) is 0 Å². The zero-order valence-corrected chi connectivity index (χ0v) is 10.7. The van der Waals surface area contributed by atoms with Crippen LogP contribution in [0.25, 0.3) is 0 Å². The number of guanidine groups is 1. The van der Waals surface area contributed by atoms with Gasteiger partial charge in [-0.05, 0) is 18.6 Å². The second-order valence-electron chi connectivity index (χ2n) is 3.73. The standard InChI is InChI=1S/C12H18F2N4O/c1-2-3-8-16-12(18-15)17-9-6-4-5-7-10(9)19-11(13)14/h4-7,11H,2-3,8,15H2,1H3,(H2,16,17,18). The molecule has 1 aromatic carbocycles. The molecule has 0 aliphatic carbocycles. The molecule has 19 heavy (non-hydrogen) atoms. The van der Waals surface area contributed by atoms with Crippen molar-refractivity contribution >= 4 is 11.6 Å². The van der Waals surface area contributed by atoms with Gasteiger partial charge in [-0.15, -0.1) is 0 Å². The highest BCUT2D eigenvalue weighted by Crippen LogP contribution is 2.25. The fourth-order valence-electron chi connectivity index (χ4n) is 1.37. The summed E-state index contributed by atoms with van der Waals surface area (Å²) in [6.45, 7) is -0.236. The predicted molar refractivity (Wildman–Crippen MR) is 71.2 cm³/mol. The van der Waals surface area contributed by atoms with Crippen molar-refractivity contribution in [2.45, 2.75) is 26.4 Å². The second kappa shape index (κ2) is 8.25. The van der Waals surface area contributed by atoms with Gasteiger partial charge in [-0.1, -0.05) is 25.5 Å². The lowest BCUT2D eigenvalue weighted by molar-refractivity contribution is -0.0493. The van der Waals surface area contributed by atoms with Crippen LogP contribution in [0.5, 0.6) is 5.75 Å². The molecule has 1 rings (SSSR count). The molecule has 1 aromatic rings. The van der Waals surface area contributed by atoms with Gasteiger partial charge >= 0.3 is 6.61 Å². The predicted octanol–water partition coefficient (Wildman–Crippen LogP) is 2.32. The van der Waals surface area contributed by atoms with E-state index in [0.717, 1.165) is 12.8 Å². The molecule has 106 valence electrons. The van der Waals surface area contributed by atoms with Crippen LogP contribution in [0.3, 0.4) is 0 Å². The molecule has 0 heterocycles. The Balaban J connectivity index is 2.76. The molecule has 0 unspecified atom stereocenters. The van der Waals surface area contributed by atoms with E-state index >= 15 is 0 Å². The Morgan fingerprint density at radius 3 is 2.79 bits per heavy atom. The fourth-order valence-corrected chi connectivity index (χ4v) is 1.37. The number of hydrazine groups is 1. The number of para-hydroxylation sites is 2. The summed E-state index contributed by atoms with van der Waals surface area (Å²) in [6, 6.07) is 6.34. The Kier molecular flexibility index (Phi) is 6.59. The molecule has 0 saturated heterocycles. The summed E-state index contributed by atoms with van der Waals surface area (Å²) in [5.41, 5.74) is 2.76. The lowest BCUT2D eigenvalue weighted by Gasteiger charge is -2.13. The van der Waals surface area contributed by atoms with E-state index in [1.807, 2.05) is 6.92 Å². The number of ether oxygens (including phenoxy) is 1. The number of halogens is 2. The van der Waals surface area contributed by atoms with Gasteiger partial charge in [0, 0.05) is 6.54 Å². The molecule has 0 aliphatic rings. The molecular formula is C12H18F2N4O. The number of aliphatic imine (C=N–C) groups is 1. The van der Waals surface area contributed by atoms with Crippen molar-refractivity contribution in [3.8, 4) is 5.75 Å². The van der Waals surface area contributed by atoms with Crippen molar-refractivity contribution < 1.29 is 13.5 Å². The van der Waals surface area contributed by atoms with Gasteiger partial charge in [0.05, 0.1) is 5.69 Å². The Hall–Kier alpha value is -1.89. The first-order valence-electron chi connectivity index (χ1n) is 5.99. The number of nitrogens with zero attached hydrogens (tertiary/aromatic N) is 1. The molecule has 0 fully saturated rings. The van der Waals surface area contributed by atoms with Crippen molar-refractivity contribution in [2.75, 3.05) is 11.9 Å². The Bertz CT molecular complexity index is 412. The number of anilines is 1. The van der Waals surface area contributed by atoms with Gasteiger partial charge in [0.15, 0.2) is 0 Å². The fraction of sp³-hybridized carbons (Fsp3) is 0.417. The van der Waals surface area contributed by atoms with Crippen molar-refractivity contribution in [3.05, 3.63) is 24.3 Å². The minimum absolute atomic E-state index is 0.0379. The first-order chi connectivity index (χ1) is 9.17. The van der Waals surface area contributed by atoms with Crippen molar-refractivity contribution in [2.24, 2.45) is 10.8 Å². The smallest absolute Gasteiger partial charge is 0.387 e. The van der Waals surface area contributed by atoms with Gasteiger partial charge in [-0.25, -0.2) is 5.84 Å². The van der Waals surface area contributed by atoms with E-state index in [4.69, 9.17) is 5.84 Å². The first-order valence-corrected chi connectivity index (χ1v) is 5.99. The number of benzene rings is 1. The van der Waals surface area contributed by atoms with Crippen LogP contribution >= 0.6 is 0 Å². The summed E-state index contributed by atoms with van der Waals surface area (Å²) >= 11 is 0. The Morgan fingerprint density at radius 1 is 1.42 bits per heavy atom. The number of nitrogens with two attached hydrogens (primary N) is 1. The average Bonchev–Trinajstić information content (AvgIpc) is 2.39. The van der Waals surface area contributed by atoms with E-state index in [9.17, 15) is 8.78 Å². The van der Waals surface area contributed by atoms with E-state index in [-0.39, 0.29) is 5.75 Å². The highest BCUT2D eigenvalue weighted by atomic mass is 19.3. The van der Waals surface area contributed by atoms with Crippen LogP contribution in [0, 0.1) is 0 Å². The largest absolute Gasteiger partial charge is 0.433 e. The van der Waals surface area contributed by atoms with Crippen LogP contribution in [-0.4, -0.2) is 19.1 Å². The number of nitrogens with one attached hydrogen (secondary N) is 2. The summed E-state index contributed by atoms with van der Waals surface area (Å²) < 4.78 is 28.9. The molecule has 0 saturated carbocycles. The molecule has 0 atom stereocenters. The molecule has 0 aromatic heterocycles. The third kappa shape index (κ3) is 5.52. The average molecular weight is 272 g/mol. The van der Waals surface area contributed by atoms with Gasteiger partial charge in [-0.2, -0.15) is 8.78 Å². The Morgan fingerprint density at radius 2 is 2.16 bits per heavy atom. The molecule has 0 bridgehead atoms. The number of rotatable bonds is 6. The maximum atomic E-state index is 12.2. The topological polar surface area (TPSA) is 71.7 Å². The molecule has 5 nitrogen and oxygen atoms in total. The Labute approximate surface area is 110 Å². The quantitative estimate of drug-likeness (QED) is 0.244. The van der Waals surface area contributed by atoms with E-state index in [1.54, 1.807) is 18.2 Å². The van der Waals surface area contributed by atoms with Gasteiger partial charge in [0.1, 0.15) is 5.75 Å². The van der Waals surface area contributed by atoms with Gasteiger partial charge < -0.3 is 10.1 Å². The molecule has 4 N–H and O–H groups in total. The van der Waals surface area contributed by atoms with Gasteiger partial charge in [0.25, 0.3) is 0 Å². The number of alkyl halides is 2. The van der Waals surface area contributed by atoms with Crippen LogP contribution in [0.1, 0.15) is 19.8 Å². The SMILES string of the molecule is CCCCN=C(NN)Nc1ccccc1OC(F)F. The third-order valence-electron chi connectivity index (χ3n) is 2.27. The van der Waals surface area contributed by atoms with Crippen LogP contribution in [-0.2, 0) is 0 Å². The second-order valence-corrected chi connectivity index (χ2v) is 3.73. The van der Waals surface area contributed by atoms with Crippen molar-refractivity contribution in [1.82, 2.24) is 5.43 Å². The van der Waals surface area contributed by atoms with E-state index in [0.29, 0.717) is 18.2 Å². The van der Waals surface area contributed by atoms with Crippen LogP contribution in [0.15, 0.2) is 29.3 Å². The van der Waals surface area contributed by atoms with E-state index in [2.05, 4.69) is 20.5 Å². The zero-order valence-electron chi connectivity index (χ0n) is 10.7.